The van der Waals surface area contributed by atoms with Crippen molar-refractivity contribution in [2.24, 2.45) is 5.73 Å². The number of methoxy groups -OCH3 is 1. The Kier molecular flexibility index (Phi) is 6.71. The average molecular weight is 235 g/mol. The molecule has 0 heterocycles. The van der Waals surface area contributed by atoms with Gasteiger partial charge in [0.25, 0.3) is 0 Å². The fraction of sp³-hybridized carbons (Fsp3) is 0.357. The van der Waals surface area contributed by atoms with Crippen molar-refractivity contribution in [1.82, 2.24) is 0 Å². The number of aryl methyl sites for hydroxylation is 1. The summed E-state index contributed by atoms with van der Waals surface area (Å²) in [5.41, 5.74) is 8.22. The van der Waals surface area contributed by atoms with Gasteiger partial charge in [0.1, 0.15) is 5.75 Å². The third kappa shape index (κ3) is 6.40. The number of rotatable bonds is 2. The van der Waals surface area contributed by atoms with Crippen LogP contribution < -0.4 is 10.5 Å². The number of hydrogen-bond acceptors (Lipinski definition) is 2. The fourth-order valence-electron chi connectivity index (χ4n) is 1.23. The number of ether oxygens (including phenoxy) is 1. The van der Waals surface area contributed by atoms with Gasteiger partial charge in [0.05, 0.1) is 7.11 Å². The van der Waals surface area contributed by atoms with Gasteiger partial charge in [-0.05, 0) is 44.9 Å². The largest absolute Gasteiger partial charge is 0.496 e. The summed E-state index contributed by atoms with van der Waals surface area (Å²) < 4.78 is 5.13. The van der Waals surface area contributed by atoms with Crippen molar-refractivity contribution in [3.8, 4) is 5.75 Å². The molecule has 0 unspecified atom stereocenters. The molecule has 94 valence electrons. The molecule has 17 heavy (non-hydrogen) atoms. The second-order valence-corrected chi connectivity index (χ2v) is 4.03. The smallest absolute Gasteiger partial charge is 0.241 e. The Morgan fingerprint density at radius 1 is 1.29 bits per heavy atom. The molecule has 0 bridgehead atoms. The highest BCUT2D eigenvalue weighted by atomic mass is 16.5. The Labute approximate surface area is 103 Å². The fourth-order valence-corrected chi connectivity index (χ4v) is 1.23. The molecule has 3 nitrogen and oxygen atoms in total. The van der Waals surface area contributed by atoms with Crippen LogP contribution in [0.4, 0.5) is 0 Å². The number of allylic oxidation sites excluding steroid dienone is 1. The van der Waals surface area contributed by atoms with Crippen LogP contribution >= 0.6 is 0 Å². The zero-order valence-corrected chi connectivity index (χ0v) is 11.2. The van der Waals surface area contributed by atoms with Crippen LogP contribution in [0.3, 0.4) is 0 Å². The normalized spacial score (nSPS) is 8.76. The van der Waals surface area contributed by atoms with Crippen LogP contribution in [0.1, 0.15) is 25.0 Å². The summed E-state index contributed by atoms with van der Waals surface area (Å²) in [7, 11) is 1.70. The Hall–Kier alpha value is -1.77. The third-order valence-electron chi connectivity index (χ3n) is 2.21. The zero-order chi connectivity index (χ0) is 13.4. The van der Waals surface area contributed by atoms with Gasteiger partial charge < -0.3 is 10.5 Å². The molecule has 1 amide bonds. The van der Waals surface area contributed by atoms with Gasteiger partial charge in [0.2, 0.25) is 5.91 Å². The van der Waals surface area contributed by atoms with Crippen molar-refractivity contribution in [3.63, 3.8) is 0 Å². The molecular formula is C14H21NO2. The molecule has 0 aliphatic rings. The second kappa shape index (κ2) is 7.49. The highest BCUT2D eigenvalue weighted by Crippen LogP contribution is 2.19. The summed E-state index contributed by atoms with van der Waals surface area (Å²) in [6.45, 7) is 7.79. The first-order valence-electron chi connectivity index (χ1n) is 5.43. The molecule has 1 rings (SSSR count). The number of carbonyl (C=O) groups excluding carboxylic acids is 1. The molecular weight excluding hydrogens is 214 g/mol. The average Bonchev–Trinajstić information content (AvgIpc) is 2.21. The first-order chi connectivity index (χ1) is 7.88. The van der Waals surface area contributed by atoms with E-state index in [0.29, 0.717) is 0 Å². The predicted octanol–water partition coefficient (Wildman–Crippen LogP) is 2.75. The van der Waals surface area contributed by atoms with Crippen molar-refractivity contribution < 1.29 is 9.53 Å². The Balaban J connectivity index is 0.000000325. The minimum atomic E-state index is -0.375. The number of benzene rings is 1. The lowest BCUT2D eigenvalue weighted by Crippen LogP contribution is -2.05. The van der Waals surface area contributed by atoms with Crippen LogP contribution in [-0.4, -0.2) is 13.0 Å². The molecule has 0 saturated carbocycles. The number of carbonyl (C=O) groups is 1. The van der Waals surface area contributed by atoms with Gasteiger partial charge in [-0.25, -0.2) is 0 Å². The third-order valence-corrected chi connectivity index (χ3v) is 2.21. The zero-order valence-electron chi connectivity index (χ0n) is 11.2. The van der Waals surface area contributed by atoms with E-state index in [1.807, 2.05) is 26.0 Å². The quantitative estimate of drug-likeness (QED) is 0.801. The highest BCUT2D eigenvalue weighted by molar-refractivity contribution is 5.86. The van der Waals surface area contributed by atoms with Crippen LogP contribution in [0, 0.1) is 13.8 Å². The van der Waals surface area contributed by atoms with Gasteiger partial charge in [-0.1, -0.05) is 17.7 Å². The molecule has 0 atom stereocenters. The second-order valence-electron chi connectivity index (χ2n) is 4.03. The standard InChI is InChI=1S/C9H12O.C5H9NO/c1-7-5-4-6-9(10-3)8(7)2;1-4(2)3-5(6)7/h4-6H,1-3H3;3H,1-2H3,(H2,6,7). The minimum Gasteiger partial charge on any atom is -0.496 e. The molecule has 0 saturated heterocycles. The van der Waals surface area contributed by atoms with Gasteiger partial charge in [0.15, 0.2) is 0 Å². The maximum atomic E-state index is 9.96. The van der Waals surface area contributed by atoms with Crippen LogP contribution in [-0.2, 0) is 4.79 Å². The molecule has 1 aromatic rings. The van der Waals surface area contributed by atoms with E-state index in [1.54, 1.807) is 7.11 Å². The summed E-state index contributed by atoms with van der Waals surface area (Å²) in [4.78, 5) is 9.96. The van der Waals surface area contributed by atoms with Crippen molar-refractivity contribution in [1.29, 1.82) is 0 Å². The van der Waals surface area contributed by atoms with E-state index >= 15 is 0 Å². The van der Waals surface area contributed by atoms with E-state index in [9.17, 15) is 4.79 Å². The van der Waals surface area contributed by atoms with Gasteiger partial charge >= 0.3 is 0 Å². The Morgan fingerprint density at radius 3 is 2.18 bits per heavy atom. The highest BCUT2D eigenvalue weighted by Gasteiger charge is 1.97. The molecule has 0 spiro atoms. The van der Waals surface area contributed by atoms with Gasteiger partial charge in [-0.3, -0.25) is 4.79 Å². The molecule has 1 aromatic carbocycles. The molecule has 0 aliphatic carbocycles. The van der Waals surface area contributed by atoms with Crippen LogP contribution in [0.2, 0.25) is 0 Å². The lowest BCUT2D eigenvalue weighted by Gasteiger charge is -2.05. The van der Waals surface area contributed by atoms with E-state index in [-0.39, 0.29) is 5.91 Å². The monoisotopic (exact) mass is 235 g/mol. The summed E-state index contributed by atoms with van der Waals surface area (Å²) in [6.07, 6.45) is 1.39. The topological polar surface area (TPSA) is 52.3 Å². The molecule has 0 aliphatic heterocycles. The van der Waals surface area contributed by atoms with E-state index in [4.69, 9.17) is 10.5 Å². The first kappa shape index (κ1) is 15.2. The number of primary amides is 1. The first-order valence-corrected chi connectivity index (χ1v) is 5.43. The van der Waals surface area contributed by atoms with Gasteiger partial charge in [0, 0.05) is 6.08 Å². The predicted molar refractivity (Wildman–Crippen MR) is 71.1 cm³/mol. The Bertz CT molecular complexity index is 405. The number of amides is 1. The maximum Gasteiger partial charge on any atom is 0.241 e. The lowest BCUT2D eigenvalue weighted by molar-refractivity contribution is -0.113. The lowest BCUT2D eigenvalue weighted by atomic mass is 10.1. The van der Waals surface area contributed by atoms with Crippen LogP contribution in [0.5, 0.6) is 5.75 Å². The SMILES string of the molecule is CC(C)=CC(N)=O.COc1cccc(C)c1C. The van der Waals surface area contributed by atoms with Crippen molar-refractivity contribution in [2.75, 3.05) is 7.11 Å². The van der Waals surface area contributed by atoms with Crippen molar-refractivity contribution >= 4 is 5.91 Å². The van der Waals surface area contributed by atoms with E-state index in [1.165, 1.54) is 17.2 Å². The summed E-state index contributed by atoms with van der Waals surface area (Å²) >= 11 is 0. The summed E-state index contributed by atoms with van der Waals surface area (Å²) in [6, 6.07) is 6.06. The Morgan fingerprint density at radius 2 is 1.88 bits per heavy atom. The van der Waals surface area contributed by atoms with Crippen molar-refractivity contribution in [2.45, 2.75) is 27.7 Å². The van der Waals surface area contributed by atoms with Gasteiger partial charge in [-0.15, -0.1) is 0 Å². The molecule has 2 N–H and O–H groups in total. The molecule has 0 fully saturated rings. The van der Waals surface area contributed by atoms with Crippen LogP contribution in [0.25, 0.3) is 0 Å². The molecule has 3 heteroatoms. The molecule has 0 radical (unpaired) electrons. The van der Waals surface area contributed by atoms with Crippen LogP contribution in [0.15, 0.2) is 29.8 Å². The maximum absolute atomic E-state index is 9.96. The summed E-state index contributed by atoms with van der Waals surface area (Å²) in [5, 5.41) is 0. The number of hydrogen-bond donors (Lipinski definition) is 1. The summed E-state index contributed by atoms with van der Waals surface area (Å²) in [5.74, 6) is 0.597. The van der Waals surface area contributed by atoms with Gasteiger partial charge in [-0.2, -0.15) is 0 Å². The molecule has 0 aromatic heterocycles. The minimum absolute atomic E-state index is 0.375. The number of nitrogens with two attached hydrogens (primary N) is 1. The van der Waals surface area contributed by atoms with E-state index in [0.717, 1.165) is 11.3 Å². The van der Waals surface area contributed by atoms with E-state index < -0.39 is 0 Å². The van der Waals surface area contributed by atoms with Crippen molar-refractivity contribution in [3.05, 3.63) is 41.0 Å². The van der Waals surface area contributed by atoms with E-state index in [2.05, 4.69) is 19.9 Å².